The second-order valence-corrected chi connectivity index (χ2v) is 7.82. The molecule has 0 spiro atoms. The molecule has 1 amide bonds. The quantitative estimate of drug-likeness (QED) is 0.684. The zero-order valence-corrected chi connectivity index (χ0v) is 13.3. The zero-order valence-electron chi connectivity index (χ0n) is 13.3. The summed E-state index contributed by atoms with van der Waals surface area (Å²) in [5.41, 5.74) is -0.403. The molecular weight excluding hydrogens is 252 g/mol. The first kappa shape index (κ1) is 14.2. The lowest BCUT2D eigenvalue weighted by Gasteiger charge is -2.56. The number of hydrogen-bond donors (Lipinski definition) is 0. The van der Waals surface area contributed by atoms with Gasteiger partial charge >= 0.3 is 6.09 Å². The van der Waals surface area contributed by atoms with Crippen LogP contribution in [0.25, 0.3) is 0 Å². The maximum atomic E-state index is 12.4. The lowest BCUT2D eigenvalue weighted by atomic mass is 9.69. The molecule has 0 aromatic carbocycles. The predicted molar refractivity (Wildman–Crippen MR) is 78.6 cm³/mol. The van der Waals surface area contributed by atoms with Crippen molar-refractivity contribution in [2.45, 2.75) is 64.6 Å². The Morgan fingerprint density at radius 1 is 1.20 bits per heavy atom. The summed E-state index contributed by atoms with van der Waals surface area (Å²) in [5.74, 6) is 1.69. The number of hydrogen-bond acceptors (Lipinski definition) is 3. The summed E-state index contributed by atoms with van der Waals surface area (Å²) in [6.45, 7) is 11.3. The van der Waals surface area contributed by atoms with E-state index in [-0.39, 0.29) is 6.09 Å². The molecule has 4 aliphatic heterocycles. The van der Waals surface area contributed by atoms with Gasteiger partial charge in [0, 0.05) is 18.6 Å². The van der Waals surface area contributed by atoms with Crippen molar-refractivity contribution in [2.24, 2.45) is 11.8 Å². The molecule has 4 heteroatoms. The van der Waals surface area contributed by atoms with Crippen molar-refractivity contribution in [3.8, 4) is 0 Å². The first-order chi connectivity index (χ1) is 9.35. The summed E-state index contributed by atoms with van der Waals surface area (Å²) in [4.78, 5) is 17.0. The fraction of sp³-hybridized carbons (Fsp3) is 0.938. The second-order valence-electron chi connectivity index (χ2n) is 7.82. The lowest BCUT2D eigenvalue weighted by molar-refractivity contribution is -0.0734. The first-order valence-electron chi connectivity index (χ1n) is 8.09. The van der Waals surface area contributed by atoms with Crippen LogP contribution < -0.4 is 0 Å². The molecule has 4 heterocycles. The van der Waals surface area contributed by atoms with Gasteiger partial charge in [0.05, 0.1) is 0 Å². The summed E-state index contributed by atoms with van der Waals surface area (Å²) >= 11 is 0. The first-order valence-corrected chi connectivity index (χ1v) is 8.09. The molecule has 0 aromatic rings. The third-order valence-electron chi connectivity index (χ3n) is 5.30. The number of rotatable bonds is 0. The van der Waals surface area contributed by atoms with Gasteiger partial charge in [0.1, 0.15) is 5.60 Å². The molecule has 114 valence electrons. The maximum absolute atomic E-state index is 12.4. The topological polar surface area (TPSA) is 32.8 Å². The molecule has 4 aliphatic rings. The van der Waals surface area contributed by atoms with Gasteiger partial charge in [-0.2, -0.15) is 0 Å². The summed E-state index contributed by atoms with van der Waals surface area (Å²) in [5, 5.41) is 0. The molecule has 4 nitrogen and oxygen atoms in total. The van der Waals surface area contributed by atoms with Crippen LogP contribution in [-0.2, 0) is 4.74 Å². The third-order valence-corrected chi connectivity index (χ3v) is 5.30. The summed E-state index contributed by atoms with van der Waals surface area (Å²) in [7, 11) is 0. The molecule has 0 aliphatic carbocycles. The second kappa shape index (κ2) is 4.90. The number of carbonyl (C=O) groups excluding carboxylic acids is 1. The minimum Gasteiger partial charge on any atom is -0.444 e. The smallest absolute Gasteiger partial charge is 0.410 e. The molecule has 2 bridgehead atoms. The maximum Gasteiger partial charge on any atom is 0.410 e. The Hall–Kier alpha value is -0.770. The van der Waals surface area contributed by atoms with E-state index in [0.29, 0.717) is 12.1 Å². The van der Waals surface area contributed by atoms with Gasteiger partial charge in [0.15, 0.2) is 0 Å². The molecule has 3 atom stereocenters. The molecule has 0 aromatic heterocycles. The van der Waals surface area contributed by atoms with Crippen LogP contribution in [0.2, 0.25) is 0 Å². The third kappa shape index (κ3) is 2.54. The normalized spacial score (nSPS) is 40.4. The zero-order chi connectivity index (χ0) is 14.5. The van der Waals surface area contributed by atoms with Crippen LogP contribution in [0.15, 0.2) is 0 Å². The Bertz CT molecular complexity index is 382. The van der Waals surface area contributed by atoms with Crippen molar-refractivity contribution < 1.29 is 9.53 Å². The van der Waals surface area contributed by atoms with Crippen LogP contribution in [0.4, 0.5) is 4.79 Å². The summed E-state index contributed by atoms with van der Waals surface area (Å²) in [6.07, 6.45) is 3.73. The predicted octanol–water partition coefficient (Wildman–Crippen LogP) is 2.73. The van der Waals surface area contributed by atoms with E-state index in [2.05, 4.69) is 11.8 Å². The monoisotopic (exact) mass is 280 g/mol. The number of ether oxygens (including phenoxy) is 1. The van der Waals surface area contributed by atoms with Gasteiger partial charge in [0.2, 0.25) is 0 Å². The SMILES string of the molecule is CC1CC2C3CCN(CC3)C2CN1C(=O)OC(C)(C)C. The van der Waals surface area contributed by atoms with Gasteiger partial charge in [-0.1, -0.05) is 0 Å². The van der Waals surface area contributed by atoms with Crippen molar-refractivity contribution >= 4 is 6.09 Å². The van der Waals surface area contributed by atoms with Crippen LogP contribution in [-0.4, -0.2) is 53.2 Å². The van der Waals surface area contributed by atoms with E-state index in [9.17, 15) is 4.79 Å². The molecule has 0 N–H and O–H groups in total. The highest BCUT2D eigenvalue weighted by molar-refractivity contribution is 5.68. The Morgan fingerprint density at radius 2 is 1.85 bits per heavy atom. The fourth-order valence-electron chi connectivity index (χ4n) is 4.34. The minimum atomic E-state index is -0.403. The standard InChI is InChI=1S/C16H28N2O2/c1-11-9-13-12-5-7-17(8-6-12)14(13)10-18(11)15(19)20-16(2,3)4/h11-14H,5-10H2,1-4H3. The number of piperidine rings is 4. The number of likely N-dealkylation sites (tertiary alicyclic amines) is 1. The van der Waals surface area contributed by atoms with Gasteiger partial charge in [0.25, 0.3) is 0 Å². The van der Waals surface area contributed by atoms with E-state index >= 15 is 0 Å². The van der Waals surface area contributed by atoms with Crippen molar-refractivity contribution in [2.75, 3.05) is 19.6 Å². The Balaban J connectivity index is 1.71. The molecule has 4 fully saturated rings. The minimum absolute atomic E-state index is 0.133. The molecule has 0 saturated carbocycles. The molecule has 4 rings (SSSR count). The number of nitrogens with zero attached hydrogens (tertiary/aromatic N) is 2. The van der Waals surface area contributed by atoms with Crippen molar-refractivity contribution in [1.29, 1.82) is 0 Å². The Labute approximate surface area is 122 Å². The van der Waals surface area contributed by atoms with E-state index in [1.165, 1.54) is 25.9 Å². The fourth-order valence-corrected chi connectivity index (χ4v) is 4.34. The number of carbonyl (C=O) groups is 1. The van der Waals surface area contributed by atoms with E-state index in [4.69, 9.17) is 4.74 Å². The summed E-state index contributed by atoms with van der Waals surface area (Å²) in [6, 6.07) is 0.887. The molecule has 0 radical (unpaired) electrons. The van der Waals surface area contributed by atoms with E-state index in [0.717, 1.165) is 24.8 Å². The van der Waals surface area contributed by atoms with Gasteiger partial charge < -0.3 is 9.64 Å². The van der Waals surface area contributed by atoms with Crippen LogP contribution in [0.5, 0.6) is 0 Å². The molecule has 3 unspecified atom stereocenters. The van der Waals surface area contributed by atoms with Crippen LogP contribution in [0.1, 0.15) is 47.0 Å². The molecule has 20 heavy (non-hydrogen) atoms. The van der Waals surface area contributed by atoms with Gasteiger partial charge in [-0.05, 0) is 71.9 Å². The van der Waals surface area contributed by atoms with Crippen LogP contribution in [0.3, 0.4) is 0 Å². The van der Waals surface area contributed by atoms with Crippen molar-refractivity contribution in [1.82, 2.24) is 9.80 Å². The van der Waals surface area contributed by atoms with Crippen LogP contribution >= 0.6 is 0 Å². The molecule has 4 saturated heterocycles. The van der Waals surface area contributed by atoms with Gasteiger partial charge in [-0.25, -0.2) is 4.79 Å². The summed E-state index contributed by atoms with van der Waals surface area (Å²) < 4.78 is 5.58. The highest BCUT2D eigenvalue weighted by atomic mass is 16.6. The van der Waals surface area contributed by atoms with E-state index < -0.39 is 5.60 Å². The average molecular weight is 280 g/mol. The molecular formula is C16H28N2O2. The average Bonchev–Trinajstić information content (AvgIpc) is 2.37. The number of fused-ring (bicyclic) bond motifs is 2. The van der Waals surface area contributed by atoms with Gasteiger partial charge in [-0.15, -0.1) is 0 Å². The Morgan fingerprint density at radius 3 is 2.45 bits per heavy atom. The van der Waals surface area contributed by atoms with E-state index in [1.54, 1.807) is 0 Å². The highest BCUT2D eigenvalue weighted by Crippen LogP contribution is 2.43. The Kier molecular flexibility index (Phi) is 3.47. The lowest BCUT2D eigenvalue weighted by Crippen LogP contribution is -2.64. The van der Waals surface area contributed by atoms with Crippen molar-refractivity contribution in [3.05, 3.63) is 0 Å². The highest BCUT2D eigenvalue weighted by Gasteiger charge is 2.47. The van der Waals surface area contributed by atoms with Crippen molar-refractivity contribution in [3.63, 3.8) is 0 Å². The van der Waals surface area contributed by atoms with Gasteiger partial charge in [-0.3, -0.25) is 4.90 Å². The largest absolute Gasteiger partial charge is 0.444 e. The number of amides is 1. The van der Waals surface area contributed by atoms with Crippen LogP contribution in [0, 0.1) is 11.8 Å². The van der Waals surface area contributed by atoms with E-state index in [1.807, 2.05) is 25.7 Å².